The number of rotatable bonds is 5. The van der Waals surface area contributed by atoms with Crippen molar-refractivity contribution in [1.29, 1.82) is 0 Å². The maximum Gasteiger partial charge on any atom is 0.282 e. The third kappa shape index (κ3) is 2.45. The number of tetrazole rings is 1. The Morgan fingerprint density at radius 3 is 3.06 bits per heavy atom. The summed E-state index contributed by atoms with van der Waals surface area (Å²) in [5.41, 5.74) is -0.316. The summed E-state index contributed by atoms with van der Waals surface area (Å²) in [5.74, 6) is 6.60. The summed E-state index contributed by atoms with van der Waals surface area (Å²) < 4.78 is 4.83. The Balaban J connectivity index is 1.80. The van der Waals surface area contributed by atoms with Crippen molar-refractivity contribution in [1.82, 2.24) is 25.8 Å². The second kappa shape index (κ2) is 4.57. The van der Waals surface area contributed by atoms with Crippen LogP contribution in [0.4, 0.5) is 5.88 Å². The molecular weight excluding hydrogens is 214 g/mol. The average molecular weight is 225 g/mol. The Morgan fingerprint density at radius 1 is 1.56 bits per heavy atom. The number of nitrogens with two attached hydrogens (primary N) is 1. The summed E-state index contributed by atoms with van der Waals surface area (Å²) in [6, 6.07) is 1.29. The molecule has 0 aliphatic heterocycles. The zero-order chi connectivity index (χ0) is 11.4. The molecule has 0 radical (unpaired) electrons. The fourth-order valence-electron chi connectivity index (χ4n) is 1.22. The van der Waals surface area contributed by atoms with E-state index >= 15 is 0 Å². The second-order valence-electron chi connectivity index (χ2n) is 3.18. The Hall–Kier alpha value is -2.16. The summed E-state index contributed by atoms with van der Waals surface area (Å²) >= 11 is 0. The van der Waals surface area contributed by atoms with Gasteiger partial charge in [0.1, 0.15) is 0 Å². The Kier molecular flexibility index (Phi) is 2.96. The molecule has 0 amide bonds. The SMILES string of the molecule is NN(CCCc1nn[nH]n1)c1cc(=O)[nH]o1. The molecule has 2 aromatic heterocycles. The molecule has 86 valence electrons. The summed E-state index contributed by atoms with van der Waals surface area (Å²) in [7, 11) is 0. The number of hydrogen-bond acceptors (Lipinski definition) is 7. The maximum absolute atomic E-state index is 10.8. The van der Waals surface area contributed by atoms with Crippen molar-refractivity contribution in [3.63, 3.8) is 0 Å². The highest BCUT2D eigenvalue weighted by molar-refractivity contribution is 5.29. The molecule has 0 aliphatic carbocycles. The Morgan fingerprint density at radius 2 is 2.44 bits per heavy atom. The van der Waals surface area contributed by atoms with Gasteiger partial charge in [0.05, 0.1) is 6.07 Å². The van der Waals surface area contributed by atoms with Crippen LogP contribution in [0.2, 0.25) is 0 Å². The largest absolute Gasteiger partial charge is 0.359 e. The van der Waals surface area contributed by atoms with Crippen molar-refractivity contribution >= 4 is 5.88 Å². The van der Waals surface area contributed by atoms with E-state index in [1.807, 2.05) is 0 Å². The zero-order valence-corrected chi connectivity index (χ0v) is 8.38. The average Bonchev–Trinajstić information content (AvgIpc) is 2.89. The highest BCUT2D eigenvalue weighted by atomic mass is 16.5. The normalized spacial score (nSPS) is 10.6. The molecule has 0 aliphatic rings. The topological polar surface area (TPSA) is 130 Å². The van der Waals surface area contributed by atoms with Gasteiger partial charge in [-0.25, -0.2) is 5.84 Å². The number of H-pyrrole nitrogens is 2. The third-order valence-electron chi connectivity index (χ3n) is 1.98. The molecule has 0 bridgehead atoms. The van der Waals surface area contributed by atoms with E-state index in [-0.39, 0.29) is 5.56 Å². The lowest BCUT2D eigenvalue weighted by Gasteiger charge is -2.12. The van der Waals surface area contributed by atoms with Crippen LogP contribution in [0.3, 0.4) is 0 Å². The van der Waals surface area contributed by atoms with Crippen molar-refractivity contribution in [2.24, 2.45) is 5.84 Å². The summed E-state index contributed by atoms with van der Waals surface area (Å²) in [5, 5.41) is 16.9. The highest BCUT2D eigenvalue weighted by Crippen LogP contribution is 2.06. The molecule has 0 saturated heterocycles. The number of anilines is 1. The van der Waals surface area contributed by atoms with Crippen molar-refractivity contribution in [3.8, 4) is 0 Å². The van der Waals surface area contributed by atoms with Crippen LogP contribution in [0.15, 0.2) is 15.4 Å². The van der Waals surface area contributed by atoms with Crippen LogP contribution >= 0.6 is 0 Å². The van der Waals surface area contributed by atoms with Gasteiger partial charge in [-0.2, -0.15) is 10.4 Å². The van der Waals surface area contributed by atoms with Crippen molar-refractivity contribution in [3.05, 3.63) is 22.2 Å². The van der Waals surface area contributed by atoms with E-state index in [0.29, 0.717) is 24.7 Å². The van der Waals surface area contributed by atoms with Crippen molar-refractivity contribution in [2.45, 2.75) is 12.8 Å². The predicted octanol–water partition coefficient (Wildman–Crippen LogP) is -1.21. The van der Waals surface area contributed by atoms with E-state index in [1.54, 1.807) is 0 Å². The van der Waals surface area contributed by atoms with E-state index in [4.69, 9.17) is 10.4 Å². The Bertz CT molecular complexity index is 473. The van der Waals surface area contributed by atoms with Gasteiger partial charge in [-0.05, 0) is 6.42 Å². The molecule has 9 heteroatoms. The van der Waals surface area contributed by atoms with Gasteiger partial charge in [-0.1, -0.05) is 5.21 Å². The minimum Gasteiger partial charge on any atom is -0.359 e. The first-order valence-electron chi connectivity index (χ1n) is 4.69. The fraction of sp³-hybridized carbons (Fsp3) is 0.429. The van der Waals surface area contributed by atoms with E-state index in [2.05, 4.69) is 25.8 Å². The molecule has 0 fully saturated rings. The fourth-order valence-corrected chi connectivity index (χ4v) is 1.22. The van der Waals surface area contributed by atoms with Crippen LogP contribution in [0.5, 0.6) is 0 Å². The van der Waals surface area contributed by atoms with Crippen LogP contribution < -0.4 is 16.4 Å². The Labute approximate surface area is 89.6 Å². The molecule has 4 N–H and O–H groups in total. The smallest absolute Gasteiger partial charge is 0.282 e. The van der Waals surface area contributed by atoms with Crippen LogP contribution in [0.1, 0.15) is 12.2 Å². The lowest BCUT2D eigenvalue weighted by molar-refractivity contribution is 0.409. The van der Waals surface area contributed by atoms with Gasteiger partial charge < -0.3 is 4.52 Å². The number of aromatic amines is 2. The van der Waals surface area contributed by atoms with Gasteiger partial charge in [0.25, 0.3) is 5.56 Å². The molecule has 0 aromatic carbocycles. The van der Waals surface area contributed by atoms with Gasteiger partial charge in [-0.3, -0.25) is 9.80 Å². The molecule has 0 atom stereocenters. The van der Waals surface area contributed by atoms with E-state index in [9.17, 15) is 4.79 Å². The van der Waals surface area contributed by atoms with Crippen LogP contribution in [0.25, 0.3) is 0 Å². The predicted molar refractivity (Wildman–Crippen MR) is 53.4 cm³/mol. The number of nitrogens with one attached hydrogen (secondary N) is 2. The molecule has 2 rings (SSSR count). The molecule has 2 heterocycles. The lowest BCUT2D eigenvalue weighted by atomic mass is 10.3. The molecule has 0 saturated carbocycles. The number of aromatic nitrogens is 5. The maximum atomic E-state index is 10.8. The van der Waals surface area contributed by atoms with E-state index in [1.165, 1.54) is 11.1 Å². The van der Waals surface area contributed by atoms with Crippen LogP contribution in [-0.4, -0.2) is 32.3 Å². The quantitative estimate of drug-likeness (QED) is 0.430. The zero-order valence-electron chi connectivity index (χ0n) is 8.38. The highest BCUT2D eigenvalue weighted by Gasteiger charge is 2.07. The molecular formula is C7H11N7O2. The molecule has 9 nitrogen and oxygen atoms in total. The summed E-state index contributed by atoms with van der Waals surface area (Å²) in [6.07, 6.45) is 1.38. The van der Waals surface area contributed by atoms with Gasteiger partial charge in [0.15, 0.2) is 5.82 Å². The standard InChI is InChI=1S/C7H11N7O2/c8-14(7-4-6(15)11-16-7)3-1-2-5-9-12-13-10-5/h4H,1-3,8H2,(H,11,15)(H,9,10,12,13). The summed E-state index contributed by atoms with van der Waals surface area (Å²) in [4.78, 5) is 10.8. The van der Waals surface area contributed by atoms with Crippen LogP contribution in [-0.2, 0) is 6.42 Å². The second-order valence-corrected chi connectivity index (χ2v) is 3.18. The lowest BCUT2D eigenvalue weighted by Crippen LogP contribution is -2.31. The number of nitrogens with zero attached hydrogens (tertiary/aromatic N) is 4. The molecule has 2 aromatic rings. The number of hydrazine groups is 1. The minimum atomic E-state index is -0.316. The van der Waals surface area contributed by atoms with Gasteiger partial charge in [-0.15, -0.1) is 10.2 Å². The molecule has 0 unspecified atom stereocenters. The van der Waals surface area contributed by atoms with Gasteiger partial charge in [0.2, 0.25) is 5.88 Å². The number of aryl methyl sites for hydroxylation is 1. The molecule has 0 spiro atoms. The van der Waals surface area contributed by atoms with Gasteiger partial charge >= 0.3 is 0 Å². The first-order valence-corrected chi connectivity index (χ1v) is 4.69. The van der Waals surface area contributed by atoms with E-state index < -0.39 is 0 Å². The monoisotopic (exact) mass is 225 g/mol. The van der Waals surface area contributed by atoms with Crippen LogP contribution in [0, 0.1) is 0 Å². The molecule has 16 heavy (non-hydrogen) atoms. The third-order valence-corrected chi connectivity index (χ3v) is 1.98. The van der Waals surface area contributed by atoms with Crippen molar-refractivity contribution < 1.29 is 4.52 Å². The minimum absolute atomic E-state index is 0.304. The van der Waals surface area contributed by atoms with E-state index in [0.717, 1.165) is 6.42 Å². The first kappa shape index (κ1) is 10.4. The van der Waals surface area contributed by atoms with Gasteiger partial charge in [0, 0.05) is 13.0 Å². The van der Waals surface area contributed by atoms with Crippen molar-refractivity contribution in [2.75, 3.05) is 11.6 Å². The first-order chi connectivity index (χ1) is 7.75. The summed E-state index contributed by atoms with van der Waals surface area (Å²) in [6.45, 7) is 0.523. The number of hydrogen-bond donors (Lipinski definition) is 3.